The molecule has 1 aromatic carbocycles. The Morgan fingerprint density at radius 2 is 2.00 bits per heavy atom. The standard InChI is InChI=1S/C17H19N3O3/c21-15-6-3-7-20(15)11-9-19(10-11)16(22)8-13-12-4-1-2-5-14(12)18-17(13)23/h1-2,4-5,11,13H,3,6-10H2,(H,18,23). The number of likely N-dealkylation sites (tertiary alicyclic amines) is 2. The van der Waals surface area contributed by atoms with E-state index in [2.05, 4.69) is 5.32 Å². The maximum Gasteiger partial charge on any atom is 0.232 e. The first-order valence-corrected chi connectivity index (χ1v) is 8.10. The van der Waals surface area contributed by atoms with Crippen LogP contribution >= 0.6 is 0 Å². The Bertz CT molecular complexity index is 681. The van der Waals surface area contributed by atoms with Crippen LogP contribution in [0.4, 0.5) is 5.69 Å². The molecular formula is C17H19N3O3. The topological polar surface area (TPSA) is 69.7 Å². The molecular weight excluding hydrogens is 294 g/mol. The number of nitrogens with zero attached hydrogens (tertiary/aromatic N) is 2. The molecule has 0 aromatic heterocycles. The first kappa shape index (κ1) is 14.2. The van der Waals surface area contributed by atoms with Crippen molar-refractivity contribution >= 4 is 23.4 Å². The monoisotopic (exact) mass is 313 g/mol. The summed E-state index contributed by atoms with van der Waals surface area (Å²) >= 11 is 0. The molecule has 2 fully saturated rings. The Morgan fingerprint density at radius 3 is 2.74 bits per heavy atom. The molecule has 0 aliphatic carbocycles. The third kappa shape index (κ3) is 2.38. The van der Waals surface area contributed by atoms with Gasteiger partial charge in [-0.1, -0.05) is 18.2 Å². The molecule has 1 unspecified atom stereocenters. The average molecular weight is 313 g/mol. The van der Waals surface area contributed by atoms with Crippen LogP contribution in [-0.4, -0.2) is 53.2 Å². The van der Waals surface area contributed by atoms with E-state index >= 15 is 0 Å². The second-order valence-corrected chi connectivity index (χ2v) is 6.48. The van der Waals surface area contributed by atoms with Crippen LogP contribution < -0.4 is 5.32 Å². The van der Waals surface area contributed by atoms with Gasteiger partial charge >= 0.3 is 0 Å². The largest absolute Gasteiger partial charge is 0.338 e. The minimum absolute atomic E-state index is 0.00949. The summed E-state index contributed by atoms with van der Waals surface area (Å²) in [7, 11) is 0. The van der Waals surface area contributed by atoms with Gasteiger partial charge in [-0.25, -0.2) is 0 Å². The number of benzene rings is 1. The minimum Gasteiger partial charge on any atom is -0.338 e. The first-order valence-electron chi connectivity index (χ1n) is 8.10. The highest BCUT2D eigenvalue weighted by atomic mass is 16.2. The van der Waals surface area contributed by atoms with Gasteiger partial charge in [0.2, 0.25) is 17.7 Å². The molecule has 3 amide bonds. The van der Waals surface area contributed by atoms with Crippen molar-refractivity contribution in [3.63, 3.8) is 0 Å². The van der Waals surface area contributed by atoms with Crippen molar-refractivity contribution in [3.05, 3.63) is 29.8 Å². The number of hydrogen-bond donors (Lipinski definition) is 1. The van der Waals surface area contributed by atoms with Crippen LogP contribution in [-0.2, 0) is 14.4 Å². The summed E-state index contributed by atoms with van der Waals surface area (Å²) in [4.78, 5) is 39.9. The Labute approximate surface area is 134 Å². The molecule has 4 rings (SSSR count). The molecule has 3 aliphatic rings. The summed E-state index contributed by atoms with van der Waals surface area (Å²) in [6, 6.07) is 7.67. The molecule has 0 spiro atoms. The predicted octanol–water partition coefficient (Wildman–Crippen LogP) is 0.946. The van der Waals surface area contributed by atoms with E-state index in [1.54, 1.807) is 4.90 Å². The molecule has 23 heavy (non-hydrogen) atoms. The number of hydrogen-bond acceptors (Lipinski definition) is 3. The van der Waals surface area contributed by atoms with Crippen molar-refractivity contribution < 1.29 is 14.4 Å². The van der Waals surface area contributed by atoms with Gasteiger partial charge in [0.05, 0.1) is 12.0 Å². The van der Waals surface area contributed by atoms with Crippen molar-refractivity contribution in [2.24, 2.45) is 0 Å². The van der Waals surface area contributed by atoms with Gasteiger partial charge in [-0.05, 0) is 18.1 Å². The quantitative estimate of drug-likeness (QED) is 0.903. The number of carbonyl (C=O) groups excluding carboxylic acids is 3. The molecule has 0 saturated carbocycles. The van der Waals surface area contributed by atoms with Gasteiger partial charge in [0.15, 0.2) is 0 Å². The number of carbonyl (C=O) groups is 3. The molecule has 1 atom stereocenters. The summed E-state index contributed by atoms with van der Waals surface area (Å²) in [5.74, 6) is -0.312. The predicted molar refractivity (Wildman–Crippen MR) is 83.7 cm³/mol. The van der Waals surface area contributed by atoms with E-state index in [4.69, 9.17) is 0 Å². The Kier molecular flexibility index (Phi) is 3.32. The smallest absolute Gasteiger partial charge is 0.232 e. The van der Waals surface area contributed by atoms with Crippen molar-refractivity contribution in [2.45, 2.75) is 31.2 Å². The van der Waals surface area contributed by atoms with E-state index in [-0.39, 0.29) is 30.2 Å². The van der Waals surface area contributed by atoms with Crippen LogP contribution in [0.25, 0.3) is 0 Å². The van der Waals surface area contributed by atoms with Crippen LogP contribution in [0, 0.1) is 0 Å². The van der Waals surface area contributed by atoms with Gasteiger partial charge < -0.3 is 15.1 Å². The number of fused-ring (bicyclic) bond motifs is 1. The van der Waals surface area contributed by atoms with E-state index in [0.29, 0.717) is 19.5 Å². The lowest BCUT2D eigenvalue weighted by molar-refractivity contribution is -0.145. The molecule has 0 radical (unpaired) electrons. The lowest BCUT2D eigenvalue weighted by atomic mass is 9.95. The Hall–Kier alpha value is -2.37. The zero-order chi connectivity index (χ0) is 16.0. The number of para-hydroxylation sites is 1. The normalized spacial score (nSPS) is 23.7. The number of amides is 3. The fourth-order valence-corrected chi connectivity index (χ4v) is 3.69. The molecule has 3 heterocycles. The second-order valence-electron chi connectivity index (χ2n) is 6.48. The SMILES string of the molecule is O=C1Nc2ccccc2C1CC(=O)N1CC(N2CCCC2=O)C1. The number of nitrogens with one attached hydrogen (secondary N) is 1. The Morgan fingerprint density at radius 1 is 1.22 bits per heavy atom. The third-order valence-electron chi connectivity index (χ3n) is 5.06. The lowest BCUT2D eigenvalue weighted by Gasteiger charge is -2.44. The molecule has 6 heteroatoms. The summed E-state index contributed by atoms with van der Waals surface area (Å²) in [5, 5.41) is 2.82. The van der Waals surface area contributed by atoms with Crippen LogP contribution in [0.1, 0.15) is 30.7 Å². The average Bonchev–Trinajstić information content (AvgIpc) is 3.03. The van der Waals surface area contributed by atoms with Crippen LogP contribution in [0.3, 0.4) is 0 Å². The van der Waals surface area contributed by atoms with Crippen LogP contribution in [0.2, 0.25) is 0 Å². The zero-order valence-electron chi connectivity index (χ0n) is 12.8. The molecule has 3 aliphatic heterocycles. The van der Waals surface area contributed by atoms with Crippen molar-refractivity contribution in [3.8, 4) is 0 Å². The lowest BCUT2D eigenvalue weighted by Crippen LogP contribution is -2.61. The van der Waals surface area contributed by atoms with Crippen molar-refractivity contribution in [1.82, 2.24) is 9.80 Å². The highest BCUT2D eigenvalue weighted by molar-refractivity contribution is 6.04. The Balaban J connectivity index is 1.37. The van der Waals surface area contributed by atoms with Gasteiger partial charge in [-0.3, -0.25) is 14.4 Å². The molecule has 6 nitrogen and oxygen atoms in total. The summed E-state index contributed by atoms with van der Waals surface area (Å²) < 4.78 is 0. The summed E-state index contributed by atoms with van der Waals surface area (Å²) in [6.45, 7) is 2.01. The van der Waals surface area contributed by atoms with E-state index in [1.165, 1.54) is 0 Å². The van der Waals surface area contributed by atoms with E-state index in [9.17, 15) is 14.4 Å². The van der Waals surface area contributed by atoms with Crippen LogP contribution in [0.5, 0.6) is 0 Å². The van der Waals surface area contributed by atoms with Gasteiger partial charge in [0.1, 0.15) is 0 Å². The zero-order valence-corrected chi connectivity index (χ0v) is 12.8. The number of anilines is 1. The summed E-state index contributed by atoms with van der Waals surface area (Å²) in [5.41, 5.74) is 1.71. The highest BCUT2D eigenvalue weighted by Crippen LogP contribution is 2.35. The number of rotatable bonds is 3. The van der Waals surface area contributed by atoms with Gasteiger partial charge in [0.25, 0.3) is 0 Å². The molecule has 1 aromatic rings. The van der Waals surface area contributed by atoms with E-state index < -0.39 is 5.92 Å². The van der Waals surface area contributed by atoms with Crippen LogP contribution in [0.15, 0.2) is 24.3 Å². The molecule has 2 saturated heterocycles. The maximum atomic E-state index is 12.4. The molecule has 0 bridgehead atoms. The first-order chi connectivity index (χ1) is 11.1. The summed E-state index contributed by atoms with van der Waals surface area (Å²) in [6.07, 6.45) is 1.75. The van der Waals surface area contributed by atoms with Crippen molar-refractivity contribution in [1.29, 1.82) is 0 Å². The van der Waals surface area contributed by atoms with E-state index in [0.717, 1.165) is 24.2 Å². The van der Waals surface area contributed by atoms with Crippen molar-refractivity contribution in [2.75, 3.05) is 25.0 Å². The molecule has 1 N–H and O–H groups in total. The molecule has 120 valence electrons. The fourth-order valence-electron chi connectivity index (χ4n) is 3.69. The van der Waals surface area contributed by atoms with Gasteiger partial charge in [-0.15, -0.1) is 0 Å². The fraction of sp³-hybridized carbons (Fsp3) is 0.471. The second kappa shape index (κ2) is 5.37. The maximum absolute atomic E-state index is 12.4. The minimum atomic E-state index is -0.397. The highest BCUT2D eigenvalue weighted by Gasteiger charge is 2.40. The van der Waals surface area contributed by atoms with E-state index in [1.807, 2.05) is 29.2 Å². The third-order valence-corrected chi connectivity index (χ3v) is 5.06. The van der Waals surface area contributed by atoms with Gasteiger partial charge in [-0.2, -0.15) is 0 Å². The van der Waals surface area contributed by atoms with Gasteiger partial charge in [0, 0.05) is 38.2 Å².